The number of anilines is 1. The van der Waals surface area contributed by atoms with Gasteiger partial charge >= 0.3 is 5.97 Å². The molecule has 0 saturated heterocycles. The Morgan fingerprint density at radius 1 is 0.800 bits per heavy atom. The number of hydrogen-bond donors (Lipinski definition) is 2. The number of carbonyl (C=O) groups is 2. The normalized spacial score (nSPS) is 10.8. The monoisotopic (exact) mass is 560 g/mol. The van der Waals surface area contributed by atoms with Gasteiger partial charge in [0.25, 0.3) is 15.9 Å². The Bertz CT molecular complexity index is 1570. The number of methoxy groups -OCH3 is 1. The lowest BCUT2D eigenvalue weighted by molar-refractivity contribution is -0.123. The Morgan fingerprint density at radius 3 is 2.15 bits per heavy atom. The van der Waals surface area contributed by atoms with Gasteiger partial charge in [0.05, 0.1) is 23.3 Å². The largest absolute Gasteiger partial charge is 0.484 e. The number of aryl methyl sites for hydroxylation is 1. The molecular weight excluding hydrogens is 532 g/mol. The number of rotatable bonds is 11. The lowest BCUT2D eigenvalue weighted by Crippen LogP contribution is -2.28. The zero-order valence-electron chi connectivity index (χ0n) is 21.9. The van der Waals surface area contributed by atoms with Crippen molar-refractivity contribution in [3.63, 3.8) is 0 Å². The van der Waals surface area contributed by atoms with Gasteiger partial charge in [0, 0.05) is 6.54 Å². The van der Waals surface area contributed by atoms with Crippen LogP contribution in [0.1, 0.15) is 21.5 Å². The molecule has 10 heteroatoms. The van der Waals surface area contributed by atoms with Crippen LogP contribution in [0.2, 0.25) is 0 Å². The number of benzene rings is 4. The Balaban J connectivity index is 1.39. The van der Waals surface area contributed by atoms with Crippen LogP contribution < -0.4 is 19.5 Å². The number of esters is 1. The third kappa shape index (κ3) is 7.61. The summed E-state index contributed by atoms with van der Waals surface area (Å²) in [5, 5.41) is 2.79. The van der Waals surface area contributed by atoms with Crippen molar-refractivity contribution in [1.29, 1.82) is 0 Å². The maximum atomic E-state index is 12.9. The van der Waals surface area contributed by atoms with Crippen LogP contribution in [-0.4, -0.2) is 34.0 Å². The van der Waals surface area contributed by atoms with Gasteiger partial charge in [0.2, 0.25) is 0 Å². The first-order valence-corrected chi connectivity index (χ1v) is 13.7. The van der Waals surface area contributed by atoms with E-state index in [9.17, 15) is 18.0 Å². The van der Waals surface area contributed by atoms with E-state index in [1.54, 1.807) is 54.6 Å². The van der Waals surface area contributed by atoms with Crippen molar-refractivity contribution >= 4 is 27.6 Å². The van der Waals surface area contributed by atoms with Gasteiger partial charge in [-0.25, -0.2) is 13.2 Å². The molecule has 0 aliphatic heterocycles. The fraction of sp³-hybridized carbons (Fsp3) is 0.133. The van der Waals surface area contributed by atoms with Gasteiger partial charge in [0.15, 0.2) is 6.61 Å². The average Bonchev–Trinajstić information content (AvgIpc) is 2.96. The summed E-state index contributed by atoms with van der Waals surface area (Å²) in [4.78, 5) is 24.6. The molecule has 206 valence electrons. The fourth-order valence-electron chi connectivity index (χ4n) is 3.60. The minimum absolute atomic E-state index is 0.00672. The first kappa shape index (κ1) is 28.2. The molecule has 4 rings (SSSR count). The summed E-state index contributed by atoms with van der Waals surface area (Å²) in [6.07, 6.45) is 0. The molecule has 0 heterocycles. The number of amides is 1. The van der Waals surface area contributed by atoms with Crippen molar-refractivity contribution in [2.45, 2.75) is 18.4 Å². The predicted octanol–water partition coefficient (Wildman–Crippen LogP) is 5.07. The summed E-state index contributed by atoms with van der Waals surface area (Å²) < 4.78 is 44.3. The lowest BCUT2D eigenvalue weighted by Gasteiger charge is -2.14. The highest BCUT2D eigenvalue weighted by Gasteiger charge is 2.20. The summed E-state index contributed by atoms with van der Waals surface area (Å²) in [6, 6.07) is 26.8. The summed E-state index contributed by atoms with van der Waals surface area (Å²) >= 11 is 0. The topological polar surface area (TPSA) is 120 Å². The predicted molar refractivity (Wildman–Crippen MR) is 150 cm³/mol. The minimum Gasteiger partial charge on any atom is -0.484 e. The van der Waals surface area contributed by atoms with Crippen molar-refractivity contribution in [3.05, 3.63) is 114 Å². The van der Waals surface area contributed by atoms with Gasteiger partial charge in [-0.05, 0) is 67.1 Å². The number of ether oxygens (including phenoxy) is 3. The van der Waals surface area contributed by atoms with Crippen molar-refractivity contribution < 1.29 is 32.2 Å². The molecule has 2 N–H and O–H groups in total. The molecule has 0 aromatic heterocycles. The third-order valence-electron chi connectivity index (χ3n) is 5.73. The van der Waals surface area contributed by atoms with E-state index in [2.05, 4.69) is 10.0 Å². The Hall–Kier alpha value is -4.83. The molecule has 0 bridgehead atoms. The van der Waals surface area contributed by atoms with E-state index in [4.69, 9.17) is 14.2 Å². The van der Waals surface area contributed by atoms with E-state index < -0.39 is 16.0 Å². The van der Waals surface area contributed by atoms with Gasteiger partial charge in [-0.1, -0.05) is 48.0 Å². The van der Waals surface area contributed by atoms with Crippen LogP contribution >= 0.6 is 0 Å². The zero-order valence-corrected chi connectivity index (χ0v) is 22.7. The average molecular weight is 561 g/mol. The van der Waals surface area contributed by atoms with Crippen molar-refractivity contribution in [2.24, 2.45) is 0 Å². The Morgan fingerprint density at radius 2 is 1.48 bits per heavy atom. The number of carbonyl (C=O) groups excluding carboxylic acids is 2. The third-order valence-corrected chi connectivity index (χ3v) is 7.12. The molecule has 0 atom stereocenters. The molecule has 0 unspecified atom stereocenters. The fourth-order valence-corrected chi connectivity index (χ4v) is 4.68. The van der Waals surface area contributed by atoms with E-state index >= 15 is 0 Å². The molecule has 0 aliphatic carbocycles. The molecule has 0 radical (unpaired) electrons. The van der Waals surface area contributed by atoms with E-state index in [0.717, 1.165) is 11.1 Å². The summed E-state index contributed by atoms with van der Waals surface area (Å²) in [5.41, 5.74) is 1.81. The molecule has 0 aliphatic rings. The molecule has 0 spiro atoms. The van der Waals surface area contributed by atoms with Gasteiger partial charge in [-0.3, -0.25) is 9.52 Å². The number of hydrogen-bond acceptors (Lipinski definition) is 7. The summed E-state index contributed by atoms with van der Waals surface area (Å²) in [5.74, 6) is 0.419. The van der Waals surface area contributed by atoms with Gasteiger partial charge in [0.1, 0.15) is 17.2 Å². The van der Waals surface area contributed by atoms with Crippen LogP contribution in [0.5, 0.6) is 17.2 Å². The second-order valence-electron chi connectivity index (χ2n) is 8.74. The smallest absolute Gasteiger partial charge is 0.340 e. The van der Waals surface area contributed by atoms with E-state index in [1.165, 1.54) is 31.4 Å². The van der Waals surface area contributed by atoms with Crippen LogP contribution in [0.4, 0.5) is 5.69 Å². The van der Waals surface area contributed by atoms with Crippen molar-refractivity contribution in [3.8, 4) is 17.2 Å². The Labute approximate surface area is 232 Å². The number of para-hydroxylation sites is 1. The van der Waals surface area contributed by atoms with Crippen LogP contribution in [-0.2, 0) is 26.1 Å². The maximum Gasteiger partial charge on any atom is 0.340 e. The lowest BCUT2D eigenvalue weighted by atomic mass is 10.1. The molecule has 40 heavy (non-hydrogen) atoms. The maximum absolute atomic E-state index is 12.9. The van der Waals surface area contributed by atoms with Crippen LogP contribution in [0.15, 0.2) is 102 Å². The number of sulfonamides is 1. The molecule has 4 aromatic rings. The number of nitrogens with one attached hydrogen (secondary N) is 2. The Kier molecular flexibility index (Phi) is 9.03. The van der Waals surface area contributed by atoms with Crippen LogP contribution in [0.3, 0.4) is 0 Å². The standard InChI is InChI=1S/C30H28N2O7S/c1-21-8-15-26(16-9-21)40(35,36)32-28-17-14-25(18-27(28)30(34)37-2)39-24-12-10-22(11-13-24)19-31-29(33)20-38-23-6-4-3-5-7-23/h3-18,32H,19-20H2,1-2H3,(H,31,33). The van der Waals surface area contributed by atoms with Gasteiger partial charge in [-0.15, -0.1) is 0 Å². The van der Waals surface area contributed by atoms with Crippen LogP contribution in [0, 0.1) is 6.92 Å². The first-order valence-electron chi connectivity index (χ1n) is 12.3. The highest BCUT2D eigenvalue weighted by atomic mass is 32.2. The van der Waals surface area contributed by atoms with Gasteiger partial charge in [-0.2, -0.15) is 0 Å². The van der Waals surface area contributed by atoms with E-state index in [1.807, 2.05) is 25.1 Å². The highest BCUT2D eigenvalue weighted by Crippen LogP contribution is 2.29. The second-order valence-corrected chi connectivity index (χ2v) is 10.4. The SMILES string of the molecule is COC(=O)c1cc(Oc2ccc(CNC(=O)COc3ccccc3)cc2)ccc1NS(=O)(=O)c1ccc(C)cc1. The minimum atomic E-state index is -3.94. The van der Waals surface area contributed by atoms with Crippen molar-refractivity contribution in [2.75, 3.05) is 18.4 Å². The van der Waals surface area contributed by atoms with Crippen molar-refractivity contribution in [1.82, 2.24) is 5.32 Å². The quantitative estimate of drug-likeness (QED) is 0.246. The second kappa shape index (κ2) is 12.8. The van der Waals surface area contributed by atoms with Gasteiger partial charge < -0.3 is 19.5 Å². The molecule has 4 aromatic carbocycles. The zero-order chi connectivity index (χ0) is 28.5. The van der Waals surface area contributed by atoms with Crippen LogP contribution in [0.25, 0.3) is 0 Å². The van der Waals surface area contributed by atoms with E-state index in [0.29, 0.717) is 23.8 Å². The highest BCUT2D eigenvalue weighted by molar-refractivity contribution is 7.92. The first-order chi connectivity index (χ1) is 19.2. The molecular formula is C30H28N2O7S. The summed E-state index contributed by atoms with van der Waals surface area (Å²) in [6.45, 7) is 2.07. The molecule has 9 nitrogen and oxygen atoms in total. The summed E-state index contributed by atoms with van der Waals surface area (Å²) in [7, 11) is -2.73. The molecule has 0 saturated carbocycles. The van der Waals surface area contributed by atoms with E-state index in [-0.39, 0.29) is 28.7 Å². The molecule has 1 amide bonds. The molecule has 0 fully saturated rings.